The van der Waals surface area contributed by atoms with Gasteiger partial charge in [-0.1, -0.05) is 0 Å². The topological polar surface area (TPSA) is 53.6 Å². The van der Waals surface area contributed by atoms with Crippen molar-refractivity contribution in [3.63, 3.8) is 0 Å². The van der Waals surface area contributed by atoms with E-state index in [9.17, 15) is 4.79 Å². The van der Waals surface area contributed by atoms with Crippen molar-refractivity contribution < 1.29 is 9.53 Å². The third-order valence-corrected chi connectivity index (χ3v) is 3.82. The van der Waals surface area contributed by atoms with Gasteiger partial charge in [-0.2, -0.15) is 0 Å². The summed E-state index contributed by atoms with van der Waals surface area (Å²) in [5.74, 6) is 0.168. The molecule has 2 saturated heterocycles. The highest BCUT2D eigenvalue weighted by Crippen LogP contribution is 2.10. The van der Waals surface area contributed by atoms with Crippen molar-refractivity contribution in [2.75, 3.05) is 32.7 Å². The van der Waals surface area contributed by atoms with Crippen molar-refractivity contribution in [2.45, 2.75) is 51.4 Å². The Morgan fingerprint density at radius 1 is 1.37 bits per heavy atom. The van der Waals surface area contributed by atoms with Crippen LogP contribution in [0, 0.1) is 0 Å². The molecular weight excluding hydrogens is 242 g/mol. The number of morpholine rings is 1. The lowest BCUT2D eigenvalue weighted by atomic mass is 10.2. The molecule has 2 aliphatic heterocycles. The summed E-state index contributed by atoms with van der Waals surface area (Å²) in [4.78, 5) is 14.2. The lowest BCUT2D eigenvalue weighted by Gasteiger charge is -2.35. The van der Waals surface area contributed by atoms with Crippen LogP contribution in [0.15, 0.2) is 0 Å². The highest BCUT2D eigenvalue weighted by molar-refractivity contribution is 5.81. The van der Waals surface area contributed by atoms with Crippen molar-refractivity contribution >= 4 is 5.91 Å². The molecule has 0 aromatic rings. The van der Waals surface area contributed by atoms with Crippen LogP contribution in [0.2, 0.25) is 0 Å². The van der Waals surface area contributed by atoms with Gasteiger partial charge in [-0.15, -0.1) is 0 Å². The van der Waals surface area contributed by atoms with Gasteiger partial charge in [-0.25, -0.2) is 0 Å². The van der Waals surface area contributed by atoms with Crippen molar-refractivity contribution in [3.8, 4) is 0 Å². The molecular formula is C14H27N3O2. The Morgan fingerprint density at radius 2 is 2.11 bits per heavy atom. The SMILES string of the molecule is CC1CN(CCCNC(=O)C2CCCN2)CC(C)O1. The zero-order valence-electron chi connectivity index (χ0n) is 12.2. The van der Waals surface area contributed by atoms with Crippen molar-refractivity contribution in [2.24, 2.45) is 0 Å². The maximum absolute atomic E-state index is 11.8. The van der Waals surface area contributed by atoms with Gasteiger partial charge in [0.15, 0.2) is 0 Å². The van der Waals surface area contributed by atoms with E-state index in [1.54, 1.807) is 0 Å². The molecule has 0 aliphatic carbocycles. The zero-order valence-corrected chi connectivity index (χ0v) is 12.2. The number of nitrogens with one attached hydrogen (secondary N) is 2. The molecule has 1 amide bonds. The number of hydrogen-bond acceptors (Lipinski definition) is 4. The number of carbonyl (C=O) groups excluding carboxylic acids is 1. The maximum atomic E-state index is 11.8. The van der Waals surface area contributed by atoms with Crippen LogP contribution in [0.25, 0.3) is 0 Å². The lowest BCUT2D eigenvalue weighted by Crippen LogP contribution is -2.46. The fraction of sp³-hybridized carbons (Fsp3) is 0.929. The van der Waals surface area contributed by atoms with E-state index in [0.29, 0.717) is 12.2 Å². The second-order valence-electron chi connectivity index (χ2n) is 5.81. The predicted molar refractivity (Wildman–Crippen MR) is 75.1 cm³/mol. The molecule has 3 unspecified atom stereocenters. The Bertz CT molecular complexity index is 282. The molecule has 2 heterocycles. The summed E-state index contributed by atoms with van der Waals surface area (Å²) in [5.41, 5.74) is 0. The smallest absolute Gasteiger partial charge is 0.237 e. The van der Waals surface area contributed by atoms with Gasteiger partial charge in [-0.3, -0.25) is 9.69 Å². The van der Waals surface area contributed by atoms with Gasteiger partial charge in [0, 0.05) is 26.2 Å². The van der Waals surface area contributed by atoms with Gasteiger partial charge < -0.3 is 15.4 Å². The van der Waals surface area contributed by atoms with E-state index >= 15 is 0 Å². The summed E-state index contributed by atoms with van der Waals surface area (Å²) < 4.78 is 5.71. The zero-order chi connectivity index (χ0) is 13.7. The normalized spacial score (nSPS) is 32.4. The first-order valence-corrected chi connectivity index (χ1v) is 7.54. The summed E-state index contributed by atoms with van der Waals surface area (Å²) >= 11 is 0. The van der Waals surface area contributed by atoms with Crippen LogP contribution in [0.5, 0.6) is 0 Å². The maximum Gasteiger partial charge on any atom is 0.237 e. The van der Waals surface area contributed by atoms with Crippen LogP contribution in [0.4, 0.5) is 0 Å². The van der Waals surface area contributed by atoms with Crippen LogP contribution in [-0.2, 0) is 9.53 Å². The molecule has 2 fully saturated rings. The molecule has 0 aromatic carbocycles. The summed E-state index contributed by atoms with van der Waals surface area (Å²) in [6.07, 6.45) is 3.74. The number of nitrogens with zero attached hydrogens (tertiary/aromatic N) is 1. The van der Waals surface area contributed by atoms with Crippen molar-refractivity contribution in [1.29, 1.82) is 0 Å². The summed E-state index contributed by atoms with van der Waals surface area (Å²) in [6, 6.07) is 0.0448. The first-order chi connectivity index (χ1) is 9.15. The van der Waals surface area contributed by atoms with E-state index in [1.807, 2.05) is 0 Å². The second kappa shape index (κ2) is 7.22. The largest absolute Gasteiger partial charge is 0.373 e. The van der Waals surface area contributed by atoms with E-state index < -0.39 is 0 Å². The minimum Gasteiger partial charge on any atom is -0.373 e. The van der Waals surface area contributed by atoms with Crippen LogP contribution in [0.3, 0.4) is 0 Å². The Hall–Kier alpha value is -0.650. The van der Waals surface area contributed by atoms with Gasteiger partial charge in [-0.05, 0) is 39.7 Å². The number of amides is 1. The number of hydrogen-bond donors (Lipinski definition) is 2. The van der Waals surface area contributed by atoms with E-state index in [1.165, 1.54) is 0 Å². The Balaban J connectivity index is 1.57. The Morgan fingerprint density at radius 3 is 2.74 bits per heavy atom. The monoisotopic (exact) mass is 269 g/mol. The molecule has 110 valence electrons. The highest BCUT2D eigenvalue weighted by atomic mass is 16.5. The summed E-state index contributed by atoms with van der Waals surface area (Å²) in [6.45, 7) is 9.03. The minimum atomic E-state index is 0.0448. The highest BCUT2D eigenvalue weighted by Gasteiger charge is 2.23. The van der Waals surface area contributed by atoms with Gasteiger partial charge in [0.25, 0.3) is 0 Å². The van der Waals surface area contributed by atoms with E-state index in [-0.39, 0.29) is 11.9 Å². The third-order valence-electron chi connectivity index (χ3n) is 3.82. The minimum absolute atomic E-state index is 0.0448. The van der Waals surface area contributed by atoms with Gasteiger partial charge in [0.1, 0.15) is 0 Å². The fourth-order valence-electron chi connectivity index (χ4n) is 3.01. The van der Waals surface area contributed by atoms with Crippen LogP contribution in [-0.4, -0.2) is 61.8 Å². The standard InChI is InChI=1S/C14H27N3O2/c1-11-9-17(10-12(2)19-11)8-4-7-16-14(18)13-5-3-6-15-13/h11-13,15H,3-10H2,1-2H3,(H,16,18). The van der Waals surface area contributed by atoms with Crippen molar-refractivity contribution in [1.82, 2.24) is 15.5 Å². The average Bonchev–Trinajstić information content (AvgIpc) is 2.87. The number of rotatable bonds is 5. The average molecular weight is 269 g/mol. The molecule has 0 aromatic heterocycles. The molecule has 3 atom stereocenters. The Kier molecular flexibility index (Phi) is 5.60. The van der Waals surface area contributed by atoms with Crippen LogP contribution < -0.4 is 10.6 Å². The molecule has 5 heteroatoms. The number of carbonyl (C=O) groups is 1. The summed E-state index contributed by atoms with van der Waals surface area (Å²) in [5, 5.41) is 6.25. The molecule has 2 rings (SSSR count). The Labute approximate surface area is 116 Å². The molecule has 0 saturated carbocycles. The quantitative estimate of drug-likeness (QED) is 0.707. The molecule has 2 aliphatic rings. The van der Waals surface area contributed by atoms with Gasteiger partial charge in [0.2, 0.25) is 5.91 Å². The first-order valence-electron chi connectivity index (χ1n) is 7.54. The lowest BCUT2D eigenvalue weighted by molar-refractivity contribution is -0.122. The van der Waals surface area contributed by atoms with E-state index in [2.05, 4.69) is 29.4 Å². The molecule has 2 N–H and O–H groups in total. The van der Waals surface area contributed by atoms with Crippen LogP contribution >= 0.6 is 0 Å². The fourth-order valence-corrected chi connectivity index (χ4v) is 3.01. The molecule has 0 bridgehead atoms. The van der Waals surface area contributed by atoms with Gasteiger partial charge >= 0.3 is 0 Å². The molecule has 0 spiro atoms. The van der Waals surface area contributed by atoms with Gasteiger partial charge in [0.05, 0.1) is 18.2 Å². The van der Waals surface area contributed by atoms with E-state index in [4.69, 9.17) is 4.74 Å². The third kappa shape index (κ3) is 4.75. The number of ether oxygens (including phenoxy) is 1. The summed E-state index contributed by atoms with van der Waals surface area (Å²) in [7, 11) is 0. The van der Waals surface area contributed by atoms with E-state index in [0.717, 1.165) is 52.0 Å². The van der Waals surface area contributed by atoms with Crippen LogP contribution in [0.1, 0.15) is 33.1 Å². The van der Waals surface area contributed by atoms with Crippen molar-refractivity contribution in [3.05, 3.63) is 0 Å². The second-order valence-corrected chi connectivity index (χ2v) is 5.81. The molecule has 0 radical (unpaired) electrons. The first kappa shape index (κ1) is 14.8. The predicted octanol–water partition coefficient (Wildman–Crippen LogP) is 0.354. The molecule has 5 nitrogen and oxygen atoms in total. The molecule has 19 heavy (non-hydrogen) atoms.